The molecule has 17 heavy (non-hydrogen) atoms. The summed E-state index contributed by atoms with van der Waals surface area (Å²) in [6, 6.07) is 0.0781. The molecule has 3 N–H and O–H groups in total. The third kappa shape index (κ3) is 4.19. The van der Waals surface area contributed by atoms with E-state index in [4.69, 9.17) is 5.73 Å². The summed E-state index contributed by atoms with van der Waals surface area (Å²) in [5, 5.41) is 3.14. The summed E-state index contributed by atoms with van der Waals surface area (Å²) in [6.07, 6.45) is 4.10. The number of nitrogens with one attached hydrogen (secondary N) is 1. The first-order valence-corrected chi connectivity index (χ1v) is 6.78. The van der Waals surface area contributed by atoms with Gasteiger partial charge in [0.1, 0.15) is 0 Å². The number of rotatable bonds is 4. The van der Waals surface area contributed by atoms with Crippen molar-refractivity contribution in [2.75, 3.05) is 19.6 Å². The van der Waals surface area contributed by atoms with Crippen LogP contribution < -0.4 is 11.1 Å². The van der Waals surface area contributed by atoms with E-state index in [0.717, 1.165) is 32.4 Å². The standard InChI is InChI=1S/C13H27N3O/c1-4-13(3,7-8-14)15-12(17)16-9-5-6-11(2)10-16/h11H,4-10,14H2,1-3H3,(H,15,17). The molecule has 1 aliphatic heterocycles. The molecule has 4 heteroatoms. The molecular weight excluding hydrogens is 214 g/mol. The third-order valence-corrected chi connectivity index (χ3v) is 3.83. The zero-order chi connectivity index (χ0) is 12.9. The van der Waals surface area contributed by atoms with Crippen molar-refractivity contribution in [2.24, 2.45) is 11.7 Å². The van der Waals surface area contributed by atoms with Gasteiger partial charge in [-0.1, -0.05) is 13.8 Å². The highest BCUT2D eigenvalue weighted by Gasteiger charge is 2.27. The van der Waals surface area contributed by atoms with Crippen LogP contribution in [0.1, 0.15) is 46.5 Å². The van der Waals surface area contributed by atoms with Crippen LogP contribution in [0.25, 0.3) is 0 Å². The molecular formula is C13H27N3O. The fourth-order valence-electron chi connectivity index (χ4n) is 2.36. The number of piperidine rings is 1. The molecule has 4 nitrogen and oxygen atoms in total. The van der Waals surface area contributed by atoms with E-state index >= 15 is 0 Å². The van der Waals surface area contributed by atoms with Gasteiger partial charge >= 0.3 is 6.03 Å². The van der Waals surface area contributed by atoms with E-state index in [1.807, 2.05) is 4.90 Å². The molecule has 1 fully saturated rings. The van der Waals surface area contributed by atoms with E-state index in [9.17, 15) is 4.79 Å². The highest BCUT2D eigenvalue weighted by molar-refractivity contribution is 5.75. The molecule has 1 aliphatic rings. The van der Waals surface area contributed by atoms with Crippen LogP contribution in [-0.2, 0) is 0 Å². The second kappa shape index (κ2) is 6.24. The molecule has 0 aliphatic carbocycles. The molecule has 0 saturated carbocycles. The van der Waals surface area contributed by atoms with E-state index < -0.39 is 0 Å². The zero-order valence-electron chi connectivity index (χ0n) is 11.5. The van der Waals surface area contributed by atoms with Gasteiger partial charge in [-0.2, -0.15) is 0 Å². The van der Waals surface area contributed by atoms with E-state index in [1.54, 1.807) is 0 Å². The van der Waals surface area contributed by atoms with E-state index in [1.165, 1.54) is 6.42 Å². The van der Waals surface area contributed by atoms with Gasteiger partial charge in [0.05, 0.1) is 0 Å². The normalized spacial score (nSPS) is 24.2. The lowest BCUT2D eigenvalue weighted by Crippen LogP contribution is -2.54. The maximum atomic E-state index is 12.2. The minimum Gasteiger partial charge on any atom is -0.333 e. The highest BCUT2D eigenvalue weighted by atomic mass is 16.2. The van der Waals surface area contributed by atoms with Crippen molar-refractivity contribution < 1.29 is 4.79 Å². The first-order chi connectivity index (χ1) is 8.00. The first kappa shape index (κ1) is 14.3. The van der Waals surface area contributed by atoms with Crippen LogP contribution in [0, 0.1) is 5.92 Å². The highest BCUT2D eigenvalue weighted by Crippen LogP contribution is 2.18. The molecule has 0 bridgehead atoms. The molecule has 0 spiro atoms. The molecule has 2 atom stereocenters. The topological polar surface area (TPSA) is 58.4 Å². The second-order valence-corrected chi connectivity index (χ2v) is 5.58. The van der Waals surface area contributed by atoms with Crippen molar-refractivity contribution in [1.82, 2.24) is 10.2 Å². The summed E-state index contributed by atoms with van der Waals surface area (Å²) in [5.74, 6) is 0.622. The fraction of sp³-hybridized carbons (Fsp3) is 0.923. The van der Waals surface area contributed by atoms with Crippen molar-refractivity contribution in [3.05, 3.63) is 0 Å². The SMILES string of the molecule is CCC(C)(CCN)NC(=O)N1CCCC(C)C1. The second-order valence-electron chi connectivity index (χ2n) is 5.58. The van der Waals surface area contributed by atoms with Crippen molar-refractivity contribution >= 4 is 6.03 Å². The van der Waals surface area contributed by atoms with Crippen LogP contribution in [0.15, 0.2) is 0 Å². The Labute approximate surface area is 105 Å². The van der Waals surface area contributed by atoms with Gasteiger partial charge in [0, 0.05) is 18.6 Å². The zero-order valence-corrected chi connectivity index (χ0v) is 11.5. The number of carbonyl (C=O) groups is 1. The van der Waals surface area contributed by atoms with E-state index in [0.29, 0.717) is 12.5 Å². The van der Waals surface area contributed by atoms with Crippen LogP contribution in [0.4, 0.5) is 4.79 Å². The van der Waals surface area contributed by atoms with Crippen LogP contribution in [-0.4, -0.2) is 36.1 Å². The summed E-state index contributed by atoms with van der Waals surface area (Å²) in [6.45, 7) is 8.76. The maximum absolute atomic E-state index is 12.2. The van der Waals surface area contributed by atoms with Gasteiger partial charge in [-0.15, -0.1) is 0 Å². The largest absolute Gasteiger partial charge is 0.333 e. The average Bonchev–Trinajstić information content (AvgIpc) is 2.29. The van der Waals surface area contributed by atoms with E-state index in [-0.39, 0.29) is 11.6 Å². The average molecular weight is 241 g/mol. The number of likely N-dealkylation sites (tertiary alicyclic amines) is 1. The summed E-state index contributed by atoms with van der Waals surface area (Å²) in [4.78, 5) is 14.1. The summed E-state index contributed by atoms with van der Waals surface area (Å²) < 4.78 is 0. The number of nitrogens with two attached hydrogens (primary N) is 1. The number of carbonyl (C=O) groups excluding carboxylic acids is 1. The van der Waals surface area contributed by atoms with Crippen molar-refractivity contribution in [3.63, 3.8) is 0 Å². The molecule has 1 saturated heterocycles. The lowest BCUT2D eigenvalue weighted by molar-refractivity contribution is 0.157. The van der Waals surface area contributed by atoms with Gasteiger partial charge in [0.2, 0.25) is 0 Å². The Morgan fingerprint density at radius 3 is 2.82 bits per heavy atom. The molecule has 0 aromatic rings. The number of nitrogens with zero attached hydrogens (tertiary/aromatic N) is 1. The van der Waals surface area contributed by atoms with Crippen LogP contribution >= 0.6 is 0 Å². The summed E-state index contributed by atoms with van der Waals surface area (Å²) in [5.41, 5.74) is 5.44. The third-order valence-electron chi connectivity index (χ3n) is 3.83. The molecule has 0 aromatic heterocycles. The first-order valence-electron chi connectivity index (χ1n) is 6.78. The molecule has 2 amide bonds. The molecule has 1 heterocycles. The van der Waals surface area contributed by atoms with Gasteiger partial charge in [-0.3, -0.25) is 0 Å². The number of hydrogen-bond acceptors (Lipinski definition) is 2. The molecule has 100 valence electrons. The van der Waals surface area contributed by atoms with Crippen LogP contribution in [0.2, 0.25) is 0 Å². The Bertz CT molecular complexity index is 257. The monoisotopic (exact) mass is 241 g/mol. The van der Waals surface area contributed by atoms with E-state index in [2.05, 4.69) is 26.1 Å². The number of amides is 2. The molecule has 1 rings (SSSR count). The Balaban J connectivity index is 2.51. The van der Waals surface area contributed by atoms with Crippen molar-refractivity contribution in [3.8, 4) is 0 Å². The minimum absolute atomic E-state index is 0.0781. The smallest absolute Gasteiger partial charge is 0.317 e. The quantitative estimate of drug-likeness (QED) is 0.790. The predicted octanol–water partition coefficient (Wildman–Crippen LogP) is 1.95. The van der Waals surface area contributed by atoms with Crippen molar-refractivity contribution in [2.45, 2.75) is 52.0 Å². The number of urea groups is 1. The van der Waals surface area contributed by atoms with Crippen LogP contribution in [0.3, 0.4) is 0 Å². The van der Waals surface area contributed by atoms with Gasteiger partial charge < -0.3 is 16.0 Å². The molecule has 0 radical (unpaired) electrons. The number of hydrogen-bond donors (Lipinski definition) is 2. The lowest BCUT2D eigenvalue weighted by Gasteiger charge is -2.36. The van der Waals surface area contributed by atoms with Crippen molar-refractivity contribution in [1.29, 1.82) is 0 Å². The molecule has 0 aromatic carbocycles. The summed E-state index contributed by atoms with van der Waals surface area (Å²) >= 11 is 0. The maximum Gasteiger partial charge on any atom is 0.317 e. The Morgan fingerprint density at radius 2 is 2.29 bits per heavy atom. The summed E-state index contributed by atoms with van der Waals surface area (Å²) in [7, 11) is 0. The Hall–Kier alpha value is -0.770. The van der Waals surface area contributed by atoms with Gasteiger partial charge in [0.25, 0.3) is 0 Å². The minimum atomic E-state index is -0.160. The molecule has 2 unspecified atom stereocenters. The van der Waals surface area contributed by atoms with Crippen LogP contribution in [0.5, 0.6) is 0 Å². The Kier molecular flexibility index (Phi) is 5.25. The lowest BCUT2D eigenvalue weighted by atomic mass is 9.94. The van der Waals surface area contributed by atoms with Gasteiger partial charge in [-0.05, 0) is 45.1 Å². The fourth-order valence-corrected chi connectivity index (χ4v) is 2.36. The Morgan fingerprint density at radius 1 is 1.59 bits per heavy atom. The predicted molar refractivity (Wildman–Crippen MR) is 70.9 cm³/mol. The van der Waals surface area contributed by atoms with Gasteiger partial charge in [0.15, 0.2) is 0 Å². The van der Waals surface area contributed by atoms with Gasteiger partial charge in [-0.25, -0.2) is 4.79 Å².